The molecule has 3 heterocycles. The van der Waals surface area contributed by atoms with Crippen LogP contribution in [0.2, 0.25) is 0 Å². The molecule has 66 heavy (non-hydrogen) atoms. The molecule has 0 radical (unpaired) electrons. The van der Waals surface area contributed by atoms with Gasteiger partial charge in [0.25, 0.3) is 0 Å². The number of thiophene rings is 1. The average Bonchev–Trinajstić information content (AvgIpc) is 4.07. The summed E-state index contributed by atoms with van der Waals surface area (Å²) in [5.41, 5.74) is 13.0. The van der Waals surface area contributed by atoms with E-state index in [4.69, 9.17) is 4.42 Å². The van der Waals surface area contributed by atoms with Crippen LogP contribution in [0.1, 0.15) is 0 Å². The minimum atomic E-state index is 0.856. The van der Waals surface area contributed by atoms with Crippen LogP contribution in [-0.4, -0.2) is 4.57 Å². The van der Waals surface area contributed by atoms with Crippen molar-refractivity contribution in [3.05, 3.63) is 231 Å². The van der Waals surface area contributed by atoms with Gasteiger partial charge < -0.3 is 13.9 Å². The zero-order chi connectivity index (χ0) is 43.3. The second kappa shape index (κ2) is 14.5. The Bertz CT molecular complexity index is 4190. The summed E-state index contributed by atoms with van der Waals surface area (Å²) in [7, 11) is 0. The highest BCUT2D eigenvalue weighted by atomic mass is 32.1. The number of hydrogen-bond acceptors (Lipinski definition) is 3. The maximum Gasteiger partial charge on any atom is 0.145 e. The smallest absolute Gasteiger partial charge is 0.145 e. The number of para-hydroxylation sites is 3. The third-order valence-electron chi connectivity index (χ3n) is 13.6. The molecule has 14 aromatic rings. The first kappa shape index (κ1) is 37.0. The fourth-order valence-electron chi connectivity index (χ4n) is 10.6. The first-order valence-corrected chi connectivity index (χ1v) is 23.3. The van der Waals surface area contributed by atoms with Crippen molar-refractivity contribution in [1.82, 2.24) is 4.57 Å². The first-order chi connectivity index (χ1) is 32.7. The lowest BCUT2D eigenvalue weighted by molar-refractivity contribution is 0.670. The van der Waals surface area contributed by atoms with Crippen molar-refractivity contribution in [3.8, 4) is 27.9 Å². The summed E-state index contributed by atoms with van der Waals surface area (Å²) in [5, 5.41) is 12.1. The molecular weight excluding hydrogens is 821 g/mol. The van der Waals surface area contributed by atoms with Gasteiger partial charge in [0.2, 0.25) is 0 Å². The second-order valence-electron chi connectivity index (χ2n) is 17.2. The lowest BCUT2D eigenvalue weighted by Crippen LogP contribution is -2.11. The molecule has 0 spiro atoms. The fraction of sp³-hybridized carbons (Fsp3) is 0. The molecule has 0 saturated heterocycles. The predicted octanol–water partition coefficient (Wildman–Crippen LogP) is 18.2. The highest BCUT2D eigenvalue weighted by Crippen LogP contribution is 2.49. The number of nitrogens with zero attached hydrogens (tertiary/aromatic N) is 2. The zero-order valence-corrected chi connectivity index (χ0v) is 36.5. The van der Waals surface area contributed by atoms with E-state index in [1.165, 1.54) is 74.6 Å². The maximum absolute atomic E-state index is 7.04. The van der Waals surface area contributed by atoms with Gasteiger partial charge in [0.15, 0.2) is 0 Å². The Labute approximate surface area is 384 Å². The molecule has 11 aromatic carbocycles. The Balaban J connectivity index is 1.00. The molecule has 0 N–H and O–H groups in total. The van der Waals surface area contributed by atoms with Crippen LogP contribution in [0.25, 0.3) is 113 Å². The van der Waals surface area contributed by atoms with E-state index in [-0.39, 0.29) is 0 Å². The second-order valence-corrected chi connectivity index (χ2v) is 18.2. The summed E-state index contributed by atoms with van der Waals surface area (Å²) in [6.45, 7) is 0. The van der Waals surface area contributed by atoms with Crippen LogP contribution in [0.4, 0.5) is 17.1 Å². The summed E-state index contributed by atoms with van der Waals surface area (Å²) in [6.07, 6.45) is 0. The molecule has 0 unspecified atom stereocenters. The highest BCUT2D eigenvalue weighted by Gasteiger charge is 2.25. The summed E-state index contributed by atoms with van der Waals surface area (Å²) in [6, 6.07) is 83.9. The molecule has 3 aromatic heterocycles. The summed E-state index contributed by atoms with van der Waals surface area (Å²) >= 11 is 1.87. The van der Waals surface area contributed by atoms with E-state index >= 15 is 0 Å². The van der Waals surface area contributed by atoms with Gasteiger partial charge in [-0.05, 0) is 99.6 Å². The van der Waals surface area contributed by atoms with Gasteiger partial charge in [0.05, 0.1) is 27.8 Å². The third-order valence-corrected chi connectivity index (χ3v) is 14.8. The maximum atomic E-state index is 7.04. The molecule has 3 nitrogen and oxygen atoms in total. The minimum Gasteiger partial charge on any atom is -0.455 e. The van der Waals surface area contributed by atoms with Gasteiger partial charge in [0, 0.05) is 58.7 Å². The van der Waals surface area contributed by atoms with Crippen LogP contribution in [0.3, 0.4) is 0 Å². The van der Waals surface area contributed by atoms with Crippen LogP contribution in [0, 0.1) is 0 Å². The molecular formula is C62H38N2OS. The largest absolute Gasteiger partial charge is 0.455 e. The molecule has 0 fully saturated rings. The van der Waals surface area contributed by atoms with E-state index in [0.29, 0.717) is 0 Å². The number of aromatic nitrogens is 1. The van der Waals surface area contributed by atoms with Crippen molar-refractivity contribution in [2.24, 2.45) is 0 Å². The van der Waals surface area contributed by atoms with Crippen molar-refractivity contribution in [3.63, 3.8) is 0 Å². The number of anilines is 3. The Morgan fingerprint density at radius 3 is 1.83 bits per heavy atom. The van der Waals surface area contributed by atoms with Crippen molar-refractivity contribution < 1.29 is 4.42 Å². The van der Waals surface area contributed by atoms with Crippen molar-refractivity contribution >= 4 is 114 Å². The van der Waals surface area contributed by atoms with E-state index < -0.39 is 0 Å². The molecule has 0 bridgehead atoms. The van der Waals surface area contributed by atoms with Gasteiger partial charge in [-0.15, -0.1) is 11.3 Å². The SMILES string of the molecule is c1cc(-c2ccc(N(c3ccc(-c4cccc5c4sc4ccccc45)cc3)c3cc4ccccc4c4ccccc34)c3c2oc2ccccc23)cc(-n2c3ccccc3c3ccccc32)c1. The molecule has 0 aliphatic carbocycles. The Morgan fingerprint density at radius 1 is 0.394 bits per heavy atom. The van der Waals surface area contributed by atoms with Gasteiger partial charge in [-0.3, -0.25) is 0 Å². The van der Waals surface area contributed by atoms with E-state index in [0.717, 1.165) is 55.8 Å². The van der Waals surface area contributed by atoms with Gasteiger partial charge in [-0.2, -0.15) is 0 Å². The number of furan rings is 1. The van der Waals surface area contributed by atoms with Crippen LogP contribution in [0.5, 0.6) is 0 Å². The fourth-order valence-corrected chi connectivity index (χ4v) is 11.9. The Kier molecular flexibility index (Phi) is 8.15. The number of fused-ring (bicyclic) bond motifs is 12. The van der Waals surface area contributed by atoms with E-state index in [1.54, 1.807) is 0 Å². The van der Waals surface area contributed by atoms with E-state index in [9.17, 15) is 0 Å². The molecule has 4 heteroatoms. The lowest BCUT2D eigenvalue weighted by atomic mass is 9.96. The molecule has 308 valence electrons. The molecule has 0 aliphatic heterocycles. The predicted molar refractivity (Wildman–Crippen MR) is 282 cm³/mol. The Hall–Kier alpha value is -8.44. The van der Waals surface area contributed by atoms with Gasteiger partial charge in [0.1, 0.15) is 11.2 Å². The highest BCUT2D eigenvalue weighted by molar-refractivity contribution is 7.26. The number of rotatable bonds is 6. The van der Waals surface area contributed by atoms with E-state index in [2.05, 4.69) is 240 Å². The molecule has 14 rings (SSSR count). The standard InChI is InChI=1S/C62H38N2OS/c1-2-18-44-41(15-1)38-57(48-20-4-3-19-47(44)48)63(42-33-31-39(32-34-42)46-25-14-26-52-51-23-8-12-30-59(51)66-62(46)52)56-36-35-45(61-60(56)53-24-7-11-29-58(53)65-61)40-16-13-17-43(37-40)64-54-27-9-5-21-49(54)50-22-6-10-28-55(50)64/h1-38H. The summed E-state index contributed by atoms with van der Waals surface area (Å²) in [5.74, 6) is 0. The summed E-state index contributed by atoms with van der Waals surface area (Å²) in [4.78, 5) is 2.46. The van der Waals surface area contributed by atoms with Crippen molar-refractivity contribution in [2.75, 3.05) is 4.90 Å². The van der Waals surface area contributed by atoms with Gasteiger partial charge >= 0.3 is 0 Å². The van der Waals surface area contributed by atoms with Crippen LogP contribution < -0.4 is 4.90 Å². The number of benzene rings is 11. The van der Waals surface area contributed by atoms with Crippen molar-refractivity contribution in [1.29, 1.82) is 0 Å². The van der Waals surface area contributed by atoms with Crippen molar-refractivity contribution in [2.45, 2.75) is 0 Å². The summed E-state index contributed by atoms with van der Waals surface area (Å²) < 4.78 is 12.0. The topological polar surface area (TPSA) is 21.3 Å². The van der Waals surface area contributed by atoms with Gasteiger partial charge in [-0.25, -0.2) is 0 Å². The lowest BCUT2D eigenvalue weighted by Gasteiger charge is -2.29. The molecule has 0 saturated carbocycles. The molecule has 0 aliphatic rings. The number of hydrogen-bond donors (Lipinski definition) is 0. The van der Waals surface area contributed by atoms with E-state index in [1.807, 2.05) is 11.3 Å². The van der Waals surface area contributed by atoms with Crippen LogP contribution >= 0.6 is 11.3 Å². The average molecular weight is 859 g/mol. The molecule has 0 atom stereocenters. The zero-order valence-electron chi connectivity index (χ0n) is 35.7. The minimum absolute atomic E-state index is 0.856. The Morgan fingerprint density at radius 2 is 1.03 bits per heavy atom. The normalized spacial score (nSPS) is 11.9. The monoisotopic (exact) mass is 858 g/mol. The van der Waals surface area contributed by atoms with Crippen LogP contribution in [-0.2, 0) is 0 Å². The van der Waals surface area contributed by atoms with Crippen LogP contribution in [0.15, 0.2) is 235 Å². The van der Waals surface area contributed by atoms with Gasteiger partial charge in [-0.1, -0.05) is 164 Å². The quantitative estimate of drug-likeness (QED) is 0.155. The molecule has 0 amide bonds. The first-order valence-electron chi connectivity index (χ1n) is 22.5. The third kappa shape index (κ3) is 5.55.